The number of quaternary nitrogens is 2. The van der Waals surface area contributed by atoms with Crippen molar-refractivity contribution in [2.45, 2.75) is 52.6 Å². The first-order valence-electron chi connectivity index (χ1n) is 9.34. The van der Waals surface area contributed by atoms with Gasteiger partial charge >= 0.3 is 0 Å². The number of nitrogens with one attached hydrogen (secondary N) is 2. The molecule has 2 saturated heterocycles. The summed E-state index contributed by atoms with van der Waals surface area (Å²) in [4.78, 5) is 3.71. The predicted molar refractivity (Wildman–Crippen MR) is 92.2 cm³/mol. The van der Waals surface area contributed by atoms with Gasteiger partial charge < -0.3 is 9.80 Å². The summed E-state index contributed by atoms with van der Waals surface area (Å²) in [5, 5.41) is 0. The minimum Gasteiger partial charge on any atom is -0.332 e. The van der Waals surface area contributed by atoms with Crippen LogP contribution in [-0.4, -0.2) is 32.2 Å². The zero-order valence-corrected chi connectivity index (χ0v) is 14.7. The van der Waals surface area contributed by atoms with Crippen molar-refractivity contribution >= 4 is 0 Å². The smallest absolute Gasteiger partial charge is 0.103 e. The van der Waals surface area contributed by atoms with Gasteiger partial charge in [-0.2, -0.15) is 0 Å². The standard InChI is InChI=1S/C20H32N2/c1-16-5-4-6-19(12-16)15-21-9-7-20(8-10-21)22-13-17(2)11-18(3)14-22/h4-6,12,17-18,20H,7-11,13-15H2,1-3H3/p+2/t17-,18-/m0/s1. The molecule has 0 saturated carbocycles. The maximum Gasteiger partial charge on any atom is 0.103 e. The van der Waals surface area contributed by atoms with Crippen LogP contribution in [0, 0.1) is 18.8 Å². The Morgan fingerprint density at radius 3 is 2.36 bits per heavy atom. The van der Waals surface area contributed by atoms with Gasteiger partial charge in [0.2, 0.25) is 0 Å². The molecule has 2 aliphatic rings. The first kappa shape index (κ1) is 16.0. The van der Waals surface area contributed by atoms with Gasteiger partial charge in [-0.25, -0.2) is 0 Å². The van der Waals surface area contributed by atoms with Gasteiger partial charge in [-0.15, -0.1) is 0 Å². The number of hydrogen-bond acceptors (Lipinski definition) is 0. The number of hydrogen-bond donors (Lipinski definition) is 2. The average Bonchev–Trinajstić information content (AvgIpc) is 2.47. The molecule has 2 fully saturated rings. The van der Waals surface area contributed by atoms with Crippen molar-refractivity contribution in [3.8, 4) is 0 Å². The summed E-state index contributed by atoms with van der Waals surface area (Å²) in [7, 11) is 0. The van der Waals surface area contributed by atoms with Crippen LogP contribution < -0.4 is 9.80 Å². The third-order valence-corrected chi connectivity index (χ3v) is 5.83. The lowest BCUT2D eigenvalue weighted by Gasteiger charge is -2.39. The van der Waals surface area contributed by atoms with Crippen LogP contribution in [0.15, 0.2) is 24.3 Å². The van der Waals surface area contributed by atoms with E-state index in [9.17, 15) is 0 Å². The summed E-state index contributed by atoms with van der Waals surface area (Å²) in [6, 6.07) is 10.0. The van der Waals surface area contributed by atoms with Crippen molar-refractivity contribution in [2.75, 3.05) is 26.2 Å². The molecule has 2 N–H and O–H groups in total. The Kier molecular flexibility index (Phi) is 5.20. The lowest BCUT2D eigenvalue weighted by atomic mass is 9.89. The Hall–Kier alpha value is -0.860. The van der Waals surface area contributed by atoms with Gasteiger partial charge in [0, 0.05) is 30.2 Å². The van der Waals surface area contributed by atoms with Gasteiger partial charge in [-0.3, -0.25) is 0 Å². The molecule has 3 rings (SSSR count). The van der Waals surface area contributed by atoms with Crippen LogP contribution in [0.3, 0.4) is 0 Å². The highest BCUT2D eigenvalue weighted by molar-refractivity contribution is 5.21. The van der Waals surface area contributed by atoms with Crippen LogP contribution in [0.1, 0.15) is 44.2 Å². The molecular weight excluding hydrogens is 268 g/mol. The number of likely N-dealkylation sites (tertiary alicyclic amines) is 2. The van der Waals surface area contributed by atoms with Crippen LogP contribution in [0.5, 0.6) is 0 Å². The quantitative estimate of drug-likeness (QED) is 0.827. The van der Waals surface area contributed by atoms with Crippen molar-refractivity contribution < 1.29 is 9.80 Å². The fourth-order valence-electron chi connectivity index (χ4n) is 4.89. The van der Waals surface area contributed by atoms with Gasteiger partial charge in [0.05, 0.1) is 32.2 Å². The molecule has 0 unspecified atom stereocenters. The molecular formula is C20H34N2+2. The monoisotopic (exact) mass is 302 g/mol. The topological polar surface area (TPSA) is 8.88 Å². The molecule has 2 heteroatoms. The van der Waals surface area contributed by atoms with E-state index in [-0.39, 0.29) is 0 Å². The molecule has 0 spiro atoms. The summed E-state index contributed by atoms with van der Waals surface area (Å²) >= 11 is 0. The molecule has 122 valence electrons. The maximum absolute atomic E-state index is 2.45. The van der Waals surface area contributed by atoms with Crippen molar-refractivity contribution in [3.05, 3.63) is 35.4 Å². The van der Waals surface area contributed by atoms with Crippen LogP contribution >= 0.6 is 0 Å². The highest BCUT2D eigenvalue weighted by Gasteiger charge is 2.34. The third-order valence-electron chi connectivity index (χ3n) is 5.83. The Balaban J connectivity index is 1.50. The predicted octanol–water partition coefficient (Wildman–Crippen LogP) is 1.10. The number of benzene rings is 1. The molecule has 0 aromatic heterocycles. The van der Waals surface area contributed by atoms with Crippen molar-refractivity contribution in [1.82, 2.24) is 0 Å². The maximum atomic E-state index is 2.45. The van der Waals surface area contributed by atoms with E-state index in [1.165, 1.54) is 63.1 Å². The van der Waals surface area contributed by atoms with Gasteiger partial charge in [0.1, 0.15) is 6.54 Å². The average molecular weight is 303 g/mol. The molecule has 2 atom stereocenters. The number of rotatable bonds is 3. The molecule has 22 heavy (non-hydrogen) atoms. The van der Waals surface area contributed by atoms with E-state index in [2.05, 4.69) is 45.0 Å². The van der Waals surface area contributed by atoms with Crippen molar-refractivity contribution in [2.24, 2.45) is 11.8 Å². The van der Waals surface area contributed by atoms with Gasteiger partial charge in [-0.05, 0) is 13.3 Å². The summed E-state index contributed by atoms with van der Waals surface area (Å²) in [5.41, 5.74) is 2.91. The van der Waals surface area contributed by atoms with Gasteiger partial charge in [-0.1, -0.05) is 43.7 Å². The van der Waals surface area contributed by atoms with E-state index < -0.39 is 0 Å². The number of piperidine rings is 2. The molecule has 0 aliphatic carbocycles. The minimum atomic E-state index is 0.927. The largest absolute Gasteiger partial charge is 0.332 e. The molecule has 0 radical (unpaired) electrons. The van der Waals surface area contributed by atoms with E-state index in [1.54, 1.807) is 4.90 Å². The highest BCUT2D eigenvalue weighted by Crippen LogP contribution is 2.13. The minimum absolute atomic E-state index is 0.927. The zero-order chi connectivity index (χ0) is 15.5. The first-order valence-corrected chi connectivity index (χ1v) is 9.34. The normalized spacial score (nSPS) is 36.2. The molecule has 0 amide bonds. The Morgan fingerprint density at radius 2 is 1.73 bits per heavy atom. The SMILES string of the molecule is Cc1cccc(C[NH+]2CCC([NH+]3C[C@@H](C)C[C@H](C)C3)CC2)c1. The van der Waals surface area contributed by atoms with Crippen LogP contribution in [0.25, 0.3) is 0 Å². The Labute approximate surface area is 136 Å². The molecule has 2 heterocycles. The summed E-state index contributed by atoms with van der Waals surface area (Å²) < 4.78 is 0. The van der Waals surface area contributed by atoms with Gasteiger partial charge in [0.15, 0.2) is 0 Å². The Bertz CT molecular complexity index is 466. The second-order valence-electron chi connectivity index (χ2n) is 8.20. The summed E-state index contributed by atoms with van der Waals surface area (Å²) in [6.45, 7) is 13.9. The molecule has 1 aromatic carbocycles. The highest BCUT2D eigenvalue weighted by atomic mass is 15.2. The molecule has 0 bridgehead atoms. The zero-order valence-electron chi connectivity index (χ0n) is 14.7. The first-order chi connectivity index (χ1) is 10.6. The van der Waals surface area contributed by atoms with Crippen molar-refractivity contribution in [3.63, 3.8) is 0 Å². The van der Waals surface area contributed by atoms with Crippen LogP contribution in [-0.2, 0) is 6.54 Å². The second kappa shape index (κ2) is 7.14. The van der Waals surface area contributed by atoms with Crippen molar-refractivity contribution in [1.29, 1.82) is 0 Å². The van der Waals surface area contributed by atoms with E-state index in [0.717, 1.165) is 17.9 Å². The van der Waals surface area contributed by atoms with E-state index in [4.69, 9.17) is 0 Å². The van der Waals surface area contributed by atoms with E-state index in [1.807, 2.05) is 4.90 Å². The summed E-state index contributed by atoms with van der Waals surface area (Å²) in [6.07, 6.45) is 4.30. The number of aryl methyl sites for hydroxylation is 1. The lowest BCUT2D eigenvalue weighted by Crippen LogP contribution is -3.21. The fraction of sp³-hybridized carbons (Fsp3) is 0.700. The second-order valence-corrected chi connectivity index (χ2v) is 8.20. The van der Waals surface area contributed by atoms with E-state index >= 15 is 0 Å². The Morgan fingerprint density at radius 1 is 1.05 bits per heavy atom. The lowest BCUT2D eigenvalue weighted by molar-refractivity contribution is -0.969. The third kappa shape index (κ3) is 4.11. The van der Waals surface area contributed by atoms with E-state index in [0.29, 0.717) is 0 Å². The summed E-state index contributed by atoms with van der Waals surface area (Å²) in [5.74, 6) is 1.85. The van der Waals surface area contributed by atoms with Gasteiger partial charge in [0.25, 0.3) is 0 Å². The molecule has 1 aromatic rings. The molecule has 2 nitrogen and oxygen atoms in total. The van der Waals surface area contributed by atoms with Crippen LogP contribution in [0.2, 0.25) is 0 Å². The van der Waals surface area contributed by atoms with Crippen LogP contribution in [0.4, 0.5) is 0 Å². The fourth-order valence-corrected chi connectivity index (χ4v) is 4.89. The molecule has 2 aliphatic heterocycles.